The zero-order valence-corrected chi connectivity index (χ0v) is 20.1. The highest BCUT2D eigenvalue weighted by Gasteiger charge is 2.27. The molecule has 0 radical (unpaired) electrons. The highest BCUT2D eigenvalue weighted by Crippen LogP contribution is 2.31. The Balaban J connectivity index is 1.34. The molecule has 1 aromatic heterocycles. The highest BCUT2D eigenvalue weighted by atomic mass is 32.2. The van der Waals surface area contributed by atoms with E-state index in [0.717, 1.165) is 39.6 Å². The fourth-order valence-electron chi connectivity index (χ4n) is 4.07. The summed E-state index contributed by atoms with van der Waals surface area (Å²) in [6.45, 7) is -0.276. The summed E-state index contributed by atoms with van der Waals surface area (Å²) >= 11 is 0. The number of aliphatic hydroxyl groups is 1. The number of benzene rings is 4. The monoisotopic (exact) mass is 505 g/mol. The summed E-state index contributed by atoms with van der Waals surface area (Å²) < 4.78 is 52.9. The molecule has 6 nitrogen and oxygen atoms in total. The Hall–Kier alpha value is -3.72. The average Bonchev–Trinajstić information content (AvgIpc) is 3.26. The SMILES string of the molecule is O=S(=O)(c1ccc(F)cc1)N(Cc1ccccc1)C[C@@H](O)COc1ccc2oc3ccccc3c2c1. The van der Waals surface area contributed by atoms with Crippen molar-refractivity contribution in [3.05, 3.63) is 108 Å². The van der Waals surface area contributed by atoms with Gasteiger partial charge in [-0.05, 0) is 54.1 Å². The lowest BCUT2D eigenvalue weighted by Crippen LogP contribution is -2.39. The van der Waals surface area contributed by atoms with Gasteiger partial charge in [-0.1, -0.05) is 48.5 Å². The summed E-state index contributed by atoms with van der Waals surface area (Å²) in [5.74, 6) is 0.00321. The second-order valence-corrected chi connectivity index (χ2v) is 10.4. The normalized spacial score (nSPS) is 12.9. The molecule has 5 aromatic rings. The smallest absolute Gasteiger partial charge is 0.243 e. The third-order valence-electron chi connectivity index (χ3n) is 5.86. The molecule has 0 spiro atoms. The molecule has 0 aliphatic rings. The van der Waals surface area contributed by atoms with Gasteiger partial charge in [0.2, 0.25) is 10.0 Å². The maximum atomic E-state index is 13.4. The quantitative estimate of drug-likeness (QED) is 0.292. The molecular formula is C28H24FNO5S. The lowest BCUT2D eigenvalue weighted by molar-refractivity contribution is 0.0881. The van der Waals surface area contributed by atoms with Crippen LogP contribution in [0.15, 0.2) is 106 Å². The molecule has 8 heteroatoms. The Bertz CT molecular complexity index is 1580. The van der Waals surface area contributed by atoms with Gasteiger partial charge in [0.15, 0.2) is 0 Å². The number of para-hydroxylation sites is 1. The van der Waals surface area contributed by atoms with E-state index in [-0.39, 0.29) is 24.6 Å². The molecule has 0 saturated heterocycles. The van der Waals surface area contributed by atoms with Crippen molar-refractivity contribution in [3.8, 4) is 5.75 Å². The van der Waals surface area contributed by atoms with Gasteiger partial charge in [-0.3, -0.25) is 0 Å². The first-order chi connectivity index (χ1) is 17.4. The van der Waals surface area contributed by atoms with E-state index >= 15 is 0 Å². The van der Waals surface area contributed by atoms with Crippen molar-refractivity contribution in [1.29, 1.82) is 0 Å². The van der Waals surface area contributed by atoms with Crippen LogP contribution in [-0.4, -0.2) is 37.1 Å². The number of hydrogen-bond acceptors (Lipinski definition) is 5. The molecule has 0 aliphatic carbocycles. The lowest BCUT2D eigenvalue weighted by atomic mass is 10.1. The maximum absolute atomic E-state index is 13.4. The van der Waals surface area contributed by atoms with Crippen LogP contribution in [0.2, 0.25) is 0 Å². The summed E-state index contributed by atoms with van der Waals surface area (Å²) in [6, 6.07) is 26.8. The molecule has 184 valence electrons. The van der Waals surface area contributed by atoms with Crippen molar-refractivity contribution in [3.63, 3.8) is 0 Å². The van der Waals surface area contributed by atoms with Crippen LogP contribution in [0.25, 0.3) is 21.9 Å². The van der Waals surface area contributed by atoms with Gasteiger partial charge in [0.1, 0.15) is 35.4 Å². The summed E-state index contributed by atoms with van der Waals surface area (Å²) in [7, 11) is -4.00. The number of hydrogen-bond donors (Lipinski definition) is 1. The zero-order valence-electron chi connectivity index (χ0n) is 19.2. The molecule has 1 heterocycles. The van der Waals surface area contributed by atoms with Gasteiger partial charge in [0, 0.05) is 23.9 Å². The first kappa shape index (κ1) is 24.0. The van der Waals surface area contributed by atoms with Crippen LogP contribution in [0, 0.1) is 5.82 Å². The average molecular weight is 506 g/mol. The van der Waals surface area contributed by atoms with Crippen LogP contribution < -0.4 is 4.74 Å². The van der Waals surface area contributed by atoms with Crippen molar-refractivity contribution in [2.75, 3.05) is 13.2 Å². The maximum Gasteiger partial charge on any atom is 0.243 e. The molecule has 0 aliphatic heterocycles. The number of nitrogens with zero attached hydrogens (tertiary/aromatic N) is 1. The van der Waals surface area contributed by atoms with E-state index in [2.05, 4.69) is 0 Å². The predicted octanol–water partition coefficient (Wildman–Crippen LogP) is 5.36. The van der Waals surface area contributed by atoms with Gasteiger partial charge in [-0.15, -0.1) is 0 Å². The molecule has 1 N–H and O–H groups in total. The second-order valence-electron chi connectivity index (χ2n) is 8.46. The predicted molar refractivity (Wildman–Crippen MR) is 136 cm³/mol. The molecular weight excluding hydrogens is 481 g/mol. The van der Waals surface area contributed by atoms with Gasteiger partial charge >= 0.3 is 0 Å². The van der Waals surface area contributed by atoms with Crippen LogP contribution in [0.5, 0.6) is 5.75 Å². The van der Waals surface area contributed by atoms with Crippen LogP contribution in [0.3, 0.4) is 0 Å². The molecule has 0 amide bonds. The minimum Gasteiger partial charge on any atom is -0.491 e. The number of rotatable bonds is 9. The Labute approximate surface area is 208 Å². The second kappa shape index (κ2) is 10.1. The molecule has 0 unspecified atom stereocenters. The van der Waals surface area contributed by atoms with Crippen LogP contribution in [-0.2, 0) is 16.6 Å². The third-order valence-corrected chi connectivity index (χ3v) is 7.68. The molecule has 1 atom stereocenters. The number of aliphatic hydroxyl groups excluding tert-OH is 1. The fourth-order valence-corrected chi connectivity index (χ4v) is 5.53. The Kier molecular flexibility index (Phi) is 6.73. The summed E-state index contributed by atoms with van der Waals surface area (Å²) in [5.41, 5.74) is 2.25. The van der Waals surface area contributed by atoms with E-state index in [1.807, 2.05) is 48.5 Å². The fraction of sp³-hybridized carbons (Fsp3) is 0.143. The van der Waals surface area contributed by atoms with E-state index in [1.54, 1.807) is 24.3 Å². The first-order valence-corrected chi connectivity index (χ1v) is 12.9. The first-order valence-electron chi connectivity index (χ1n) is 11.4. The van der Waals surface area contributed by atoms with Crippen LogP contribution in [0.4, 0.5) is 4.39 Å². The van der Waals surface area contributed by atoms with Crippen LogP contribution >= 0.6 is 0 Å². The third kappa shape index (κ3) is 5.11. The summed E-state index contributed by atoms with van der Waals surface area (Å²) in [5, 5.41) is 12.6. The van der Waals surface area contributed by atoms with Gasteiger partial charge < -0.3 is 14.3 Å². The van der Waals surface area contributed by atoms with Crippen molar-refractivity contribution in [2.45, 2.75) is 17.5 Å². The summed E-state index contributed by atoms with van der Waals surface area (Å²) in [6.07, 6.45) is -1.11. The van der Waals surface area contributed by atoms with Crippen LogP contribution in [0.1, 0.15) is 5.56 Å². The van der Waals surface area contributed by atoms with Crippen molar-refractivity contribution in [2.24, 2.45) is 0 Å². The van der Waals surface area contributed by atoms with Crippen molar-refractivity contribution < 1.29 is 27.1 Å². The van der Waals surface area contributed by atoms with Gasteiger partial charge in [-0.2, -0.15) is 4.31 Å². The van der Waals surface area contributed by atoms with Gasteiger partial charge in [-0.25, -0.2) is 12.8 Å². The Morgan fingerprint density at radius 2 is 1.56 bits per heavy atom. The van der Waals surface area contributed by atoms with Crippen molar-refractivity contribution in [1.82, 2.24) is 4.31 Å². The van der Waals surface area contributed by atoms with Gasteiger partial charge in [0.25, 0.3) is 0 Å². The molecule has 4 aromatic carbocycles. The minimum absolute atomic E-state index is 0.0462. The van der Waals surface area contributed by atoms with E-state index < -0.39 is 21.9 Å². The Morgan fingerprint density at radius 3 is 2.33 bits per heavy atom. The molecule has 0 saturated carbocycles. The number of ether oxygens (including phenoxy) is 1. The molecule has 36 heavy (non-hydrogen) atoms. The Morgan fingerprint density at radius 1 is 0.861 bits per heavy atom. The highest BCUT2D eigenvalue weighted by molar-refractivity contribution is 7.89. The number of fused-ring (bicyclic) bond motifs is 3. The van der Waals surface area contributed by atoms with Crippen molar-refractivity contribution >= 4 is 32.0 Å². The largest absolute Gasteiger partial charge is 0.491 e. The van der Waals surface area contributed by atoms with E-state index in [4.69, 9.17) is 9.15 Å². The van der Waals surface area contributed by atoms with E-state index in [1.165, 1.54) is 16.4 Å². The minimum atomic E-state index is -4.00. The van der Waals surface area contributed by atoms with E-state index in [0.29, 0.717) is 5.75 Å². The molecule has 5 rings (SSSR count). The number of halogens is 1. The molecule has 0 bridgehead atoms. The summed E-state index contributed by atoms with van der Waals surface area (Å²) in [4.78, 5) is -0.0507. The number of furan rings is 1. The molecule has 0 fully saturated rings. The topological polar surface area (TPSA) is 80.0 Å². The lowest BCUT2D eigenvalue weighted by Gasteiger charge is -2.25. The van der Waals surface area contributed by atoms with E-state index in [9.17, 15) is 17.9 Å². The van der Waals surface area contributed by atoms with Gasteiger partial charge in [0.05, 0.1) is 4.90 Å². The zero-order chi connectivity index (χ0) is 25.1. The number of sulfonamides is 1. The standard InChI is InChI=1S/C28H24FNO5S/c29-21-10-13-24(14-11-21)36(32,33)30(17-20-6-2-1-3-7-20)18-22(31)19-34-23-12-15-28-26(16-23)25-8-4-5-9-27(25)35-28/h1-16,22,31H,17-19H2/t22-/m1/s1.